The van der Waals surface area contributed by atoms with Crippen molar-refractivity contribution in [3.05, 3.63) is 54.1 Å². The average molecular weight is 313 g/mol. The van der Waals surface area contributed by atoms with Crippen LogP contribution in [0.25, 0.3) is 0 Å². The smallest absolute Gasteiger partial charge is 0.124 e. The van der Waals surface area contributed by atoms with Crippen molar-refractivity contribution in [1.82, 2.24) is 4.90 Å². The molecular weight excluding hydrogens is 290 g/mol. The normalized spacial score (nSPS) is 17.2. The van der Waals surface area contributed by atoms with Gasteiger partial charge in [-0.2, -0.15) is 0 Å². The van der Waals surface area contributed by atoms with E-state index in [1.54, 1.807) is 12.1 Å². The van der Waals surface area contributed by atoms with Gasteiger partial charge in [-0.1, -0.05) is 24.3 Å². The monoisotopic (exact) mass is 313 g/mol. The van der Waals surface area contributed by atoms with Crippen molar-refractivity contribution in [2.45, 2.75) is 6.04 Å². The van der Waals surface area contributed by atoms with Crippen molar-refractivity contribution in [3.63, 3.8) is 0 Å². The van der Waals surface area contributed by atoms with Crippen LogP contribution < -0.4 is 10.6 Å². The minimum absolute atomic E-state index is 0.0338. The van der Waals surface area contributed by atoms with Crippen molar-refractivity contribution in [2.75, 3.05) is 37.6 Å². The van der Waals surface area contributed by atoms with E-state index in [1.807, 2.05) is 6.07 Å². The maximum absolute atomic E-state index is 10.1. The zero-order valence-corrected chi connectivity index (χ0v) is 13.1. The summed E-state index contributed by atoms with van der Waals surface area (Å²) < 4.78 is 0. The minimum atomic E-state index is -0.0338. The standard InChI is InChI=1S/C18H23N3O2/c19-13-17(16-7-6-15(22)12-18(16)23)21-10-8-20(9-11-21)14-4-2-1-3-5-14/h1-7,12,17,22-23H,8-11,13,19H2. The van der Waals surface area contributed by atoms with E-state index in [1.165, 1.54) is 11.8 Å². The third kappa shape index (κ3) is 3.41. The molecule has 1 aliphatic rings. The number of rotatable bonds is 4. The van der Waals surface area contributed by atoms with Crippen LogP contribution in [0.15, 0.2) is 48.5 Å². The summed E-state index contributed by atoms with van der Waals surface area (Å²) in [6.07, 6.45) is 0. The third-order valence-corrected chi connectivity index (χ3v) is 4.47. The summed E-state index contributed by atoms with van der Waals surface area (Å²) in [5.74, 6) is 0.168. The number of nitrogens with zero attached hydrogens (tertiary/aromatic N) is 2. The maximum atomic E-state index is 10.1. The molecule has 5 heteroatoms. The van der Waals surface area contributed by atoms with E-state index in [4.69, 9.17) is 5.73 Å². The van der Waals surface area contributed by atoms with Crippen molar-refractivity contribution >= 4 is 5.69 Å². The molecule has 23 heavy (non-hydrogen) atoms. The Bertz CT molecular complexity index is 640. The number of para-hydroxylation sites is 1. The summed E-state index contributed by atoms with van der Waals surface area (Å²) in [5.41, 5.74) is 7.98. The predicted molar refractivity (Wildman–Crippen MR) is 91.8 cm³/mol. The van der Waals surface area contributed by atoms with Gasteiger partial charge in [0, 0.05) is 50.0 Å². The molecule has 1 unspecified atom stereocenters. The lowest BCUT2D eigenvalue weighted by molar-refractivity contribution is 0.187. The molecule has 0 saturated carbocycles. The minimum Gasteiger partial charge on any atom is -0.508 e. The third-order valence-electron chi connectivity index (χ3n) is 4.47. The topological polar surface area (TPSA) is 73.0 Å². The lowest BCUT2D eigenvalue weighted by atomic mass is 10.0. The number of phenolic OH excluding ortho intramolecular Hbond substituents is 2. The maximum Gasteiger partial charge on any atom is 0.124 e. The molecule has 2 aromatic carbocycles. The Morgan fingerprint density at radius 2 is 1.65 bits per heavy atom. The summed E-state index contributed by atoms with van der Waals surface area (Å²) in [5, 5.41) is 19.6. The van der Waals surface area contributed by atoms with Gasteiger partial charge in [0.1, 0.15) is 11.5 Å². The number of benzene rings is 2. The van der Waals surface area contributed by atoms with Crippen LogP contribution in [0.4, 0.5) is 5.69 Å². The van der Waals surface area contributed by atoms with Gasteiger partial charge in [-0.15, -0.1) is 0 Å². The Labute approximate surface area is 136 Å². The number of phenols is 2. The van der Waals surface area contributed by atoms with Gasteiger partial charge in [-0.25, -0.2) is 0 Å². The van der Waals surface area contributed by atoms with Crippen LogP contribution in [0.3, 0.4) is 0 Å². The van der Waals surface area contributed by atoms with E-state index in [-0.39, 0.29) is 17.5 Å². The molecule has 1 fully saturated rings. The first-order valence-corrected chi connectivity index (χ1v) is 7.95. The van der Waals surface area contributed by atoms with Gasteiger partial charge in [0.25, 0.3) is 0 Å². The van der Waals surface area contributed by atoms with Gasteiger partial charge in [0.15, 0.2) is 0 Å². The highest BCUT2D eigenvalue weighted by atomic mass is 16.3. The van der Waals surface area contributed by atoms with E-state index >= 15 is 0 Å². The van der Waals surface area contributed by atoms with Crippen LogP contribution in [0, 0.1) is 0 Å². The fourth-order valence-corrected chi connectivity index (χ4v) is 3.22. The lowest BCUT2D eigenvalue weighted by Gasteiger charge is -2.40. The van der Waals surface area contributed by atoms with Crippen molar-refractivity contribution in [1.29, 1.82) is 0 Å². The second-order valence-corrected chi connectivity index (χ2v) is 5.85. The molecule has 1 atom stereocenters. The van der Waals surface area contributed by atoms with Crippen molar-refractivity contribution in [2.24, 2.45) is 5.73 Å². The summed E-state index contributed by atoms with van der Waals surface area (Å²) in [7, 11) is 0. The molecule has 1 saturated heterocycles. The first-order chi connectivity index (χ1) is 11.2. The van der Waals surface area contributed by atoms with Gasteiger partial charge in [-0.05, 0) is 18.2 Å². The summed E-state index contributed by atoms with van der Waals surface area (Å²) >= 11 is 0. The Morgan fingerprint density at radius 3 is 2.26 bits per heavy atom. The number of piperazine rings is 1. The van der Waals surface area contributed by atoms with E-state index in [2.05, 4.69) is 34.1 Å². The van der Waals surface area contributed by atoms with Gasteiger partial charge in [-0.3, -0.25) is 4.90 Å². The van der Waals surface area contributed by atoms with Crippen LogP contribution in [-0.4, -0.2) is 47.8 Å². The van der Waals surface area contributed by atoms with Crippen LogP contribution in [0.1, 0.15) is 11.6 Å². The quantitative estimate of drug-likeness (QED) is 0.804. The van der Waals surface area contributed by atoms with Gasteiger partial charge in [0.05, 0.1) is 6.04 Å². The van der Waals surface area contributed by atoms with Crippen LogP contribution in [-0.2, 0) is 0 Å². The van der Waals surface area contributed by atoms with Crippen LogP contribution in [0.2, 0.25) is 0 Å². The predicted octanol–water partition coefficient (Wildman–Crippen LogP) is 1.92. The molecule has 0 spiro atoms. The van der Waals surface area contributed by atoms with Crippen LogP contribution in [0.5, 0.6) is 11.5 Å². The molecular formula is C18H23N3O2. The number of hydrogen-bond acceptors (Lipinski definition) is 5. The van der Waals surface area contributed by atoms with Crippen molar-refractivity contribution < 1.29 is 10.2 Å². The molecule has 0 amide bonds. The van der Waals surface area contributed by atoms with E-state index in [9.17, 15) is 10.2 Å². The summed E-state index contributed by atoms with van der Waals surface area (Å²) in [4.78, 5) is 4.66. The molecule has 3 rings (SSSR count). The molecule has 4 N–H and O–H groups in total. The first kappa shape index (κ1) is 15.6. The van der Waals surface area contributed by atoms with Crippen LogP contribution >= 0.6 is 0 Å². The fraction of sp³-hybridized carbons (Fsp3) is 0.333. The Kier molecular flexibility index (Phi) is 4.69. The lowest BCUT2D eigenvalue weighted by Crippen LogP contribution is -2.49. The fourth-order valence-electron chi connectivity index (χ4n) is 3.22. The van der Waals surface area contributed by atoms with E-state index in [0.717, 1.165) is 31.7 Å². The number of hydrogen-bond donors (Lipinski definition) is 3. The summed E-state index contributed by atoms with van der Waals surface area (Å²) in [6, 6.07) is 15.1. The molecule has 0 bridgehead atoms. The number of aromatic hydroxyl groups is 2. The van der Waals surface area contributed by atoms with E-state index < -0.39 is 0 Å². The Hall–Kier alpha value is -2.24. The van der Waals surface area contributed by atoms with Gasteiger partial charge in [0.2, 0.25) is 0 Å². The molecule has 2 aromatic rings. The molecule has 0 aliphatic carbocycles. The van der Waals surface area contributed by atoms with Gasteiger partial charge < -0.3 is 20.8 Å². The number of nitrogens with two attached hydrogens (primary N) is 1. The Balaban J connectivity index is 1.70. The second kappa shape index (κ2) is 6.89. The van der Waals surface area contributed by atoms with Gasteiger partial charge >= 0.3 is 0 Å². The average Bonchev–Trinajstić information content (AvgIpc) is 2.59. The zero-order valence-electron chi connectivity index (χ0n) is 13.1. The van der Waals surface area contributed by atoms with Crippen molar-refractivity contribution in [3.8, 4) is 11.5 Å². The summed E-state index contributed by atoms with van der Waals surface area (Å²) in [6.45, 7) is 4.07. The largest absolute Gasteiger partial charge is 0.508 e. The highest BCUT2D eigenvalue weighted by Gasteiger charge is 2.26. The highest BCUT2D eigenvalue weighted by Crippen LogP contribution is 2.31. The highest BCUT2D eigenvalue weighted by molar-refractivity contribution is 5.46. The molecule has 0 aromatic heterocycles. The van der Waals surface area contributed by atoms with E-state index in [0.29, 0.717) is 6.54 Å². The first-order valence-electron chi connectivity index (χ1n) is 7.95. The molecule has 122 valence electrons. The SMILES string of the molecule is NCC(c1ccc(O)cc1O)N1CCN(c2ccccc2)CC1. The molecule has 5 nitrogen and oxygen atoms in total. The molecule has 0 radical (unpaired) electrons. The zero-order chi connectivity index (χ0) is 16.2. The molecule has 1 heterocycles. The second-order valence-electron chi connectivity index (χ2n) is 5.85. The molecule has 1 aliphatic heterocycles. The Morgan fingerprint density at radius 1 is 0.957 bits per heavy atom. The number of anilines is 1.